The van der Waals surface area contributed by atoms with Gasteiger partial charge in [-0.15, -0.1) is 0 Å². The SMILES string of the molecule is CC(=O)N[C@H]1[C@H](O[C@H]2CC[C@]3(C)[C@H]4CC=C5[C@@H]6CC(C)(C)CC[C@]6(C(=O)O)CC[C@@]5(C)[C@]4(C)CC[C@H]3C2(C)C)O[C@H](CO)[C@@H](O)[C@@H]1O. The van der Waals surface area contributed by atoms with Crippen LogP contribution in [-0.2, 0) is 19.1 Å². The number of rotatable bonds is 5. The van der Waals surface area contributed by atoms with Crippen LogP contribution < -0.4 is 5.32 Å². The van der Waals surface area contributed by atoms with Crippen LogP contribution in [0.2, 0.25) is 0 Å². The fraction of sp³-hybridized carbons (Fsp3) is 0.895. The zero-order chi connectivity index (χ0) is 34.5. The fourth-order valence-corrected chi connectivity index (χ4v) is 12.6. The Labute approximate surface area is 281 Å². The highest BCUT2D eigenvalue weighted by Gasteiger charge is 2.69. The van der Waals surface area contributed by atoms with Gasteiger partial charge in [-0.05, 0) is 109 Å². The van der Waals surface area contributed by atoms with Gasteiger partial charge in [0.05, 0.1) is 18.1 Å². The molecule has 1 saturated heterocycles. The van der Waals surface area contributed by atoms with Crippen molar-refractivity contribution in [2.75, 3.05) is 6.61 Å². The Bertz CT molecular complexity index is 1300. The third-order valence-electron chi connectivity index (χ3n) is 15.6. The van der Waals surface area contributed by atoms with Gasteiger partial charge < -0.3 is 35.2 Å². The third-order valence-corrected chi connectivity index (χ3v) is 15.6. The lowest BCUT2D eigenvalue weighted by molar-refractivity contribution is -0.306. The van der Waals surface area contributed by atoms with E-state index in [1.807, 2.05) is 0 Å². The zero-order valence-electron chi connectivity index (χ0n) is 30.0. The van der Waals surface area contributed by atoms with E-state index in [9.17, 15) is 30.0 Å². The molecule has 0 radical (unpaired) electrons. The molecule has 9 heteroatoms. The Morgan fingerprint density at radius 2 is 1.62 bits per heavy atom. The van der Waals surface area contributed by atoms with Gasteiger partial charge in [0.25, 0.3) is 0 Å². The van der Waals surface area contributed by atoms with Crippen LogP contribution in [0.1, 0.15) is 120 Å². The van der Waals surface area contributed by atoms with Crippen LogP contribution in [0.5, 0.6) is 0 Å². The quantitative estimate of drug-likeness (QED) is 0.200. The van der Waals surface area contributed by atoms with Gasteiger partial charge in [-0.3, -0.25) is 9.59 Å². The Morgan fingerprint density at radius 1 is 0.936 bits per heavy atom. The molecule has 9 nitrogen and oxygen atoms in total. The van der Waals surface area contributed by atoms with E-state index in [4.69, 9.17) is 9.47 Å². The van der Waals surface area contributed by atoms with Gasteiger partial charge in [0.2, 0.25) is 5.91 Å². The number of allylic oxidation sites excluding steroid dienone is 2. The second-order valence-electron chi connectivity index (χ2n) is 18.6. The molecular weight excluding hydrogens is 598 g/mol. The summed E-state index contributed by atoms with van der Waals surface area (Å²) in [6.07, 6.45) is 6.79. The lowest BCUT2D eigenvalue weighted by Gasteiger charge is -2.71. The van der Waals surface area contributed by atoms with Crippen LogP contribution in [0.3, 0.4) is 0 Å². The van der Waals surface area contributed by atoms with Crippen molar-refractivity contribution in [1.82, 2.24) is 5.32 Å². The molecule has 0 spiro atoms. The number of aliphatic hydroxyl groups is 3. The molecule has 5 N–H and O–H groups in total. The van der Waals surface area contributed by atoms with E-state index in [1.165, 1.54) is 12.5 Å². The number of carbonyl (C=O) groups excluding carboxylic acids is 1. The lowest BCUT2D eigenvalue weighted by atomic mass is 9.33. The van der Waals surface area contributed by atoms with E-state index in [-0.39, 0.29) is 45.0 Å². The maximum Gasteiger partial charge on any atom is 0.310 e. The molecular formula is C38H61NO8. The Morgan fingerprint density at radius 3 is 2.26 bits per heavy atom. The summed E-state index contributed by atoms with van der Waals surface area (Å²) in [5.41, 5.74) is 0.733. The van der Waals surface area contributed by atoms with Gasteiger partial charge >= 0.3 is 5.97 Å². The number of hydrogen-bond acceptors (Lipinski definition) is 7. The Kier molecular flexibility index (Phi) is 8.65. The number of ether oxygens (including phenoxy) is 2. The zero-order valence-corrected chi connectivity index (χ0v) is 30.0. The van der Waals surface area contributed by atoms with Crippen molar-refractivity contribution in [2.45, 2.75) is 156 Å². The van der Waals surface area contributed by atoms with Gasteiger partial charge in [-0.2, -0.15) is 0 Å². The predicted octanol–water partition coefficient (Wildman–Crippen LogP) is 5.20. The summed E-state index contributed by atoms with van der Waals surface area (Å²) >= 11 is 0. The maximum absolute atomic E-state index is 13.0. The van der Waals surface area contributed by atoms with E-state index in [2.05, 4.69) is 59.9 Å². The number of carboxylic acid groups (broad SMARTS) is 1. The van der Waals surface area contributed by atoms with Gasteiger partial charge in [-0.1, -0.05) is 60.1 Å². The van der Waals surface area contributed by atoms with Crippen molar-refractivity contribution in [1.29, 1.82) is 0 Å². The summed E-state index contributed by atoms with van der Waals surface area (Å²) in [6.45, 7) is 17.6. The average molecular weight is 660 g/mol. The molecule has 4 saturated carbocycles. The van der Waals surface area contributed by atoms with Gasteiger partial charge in [0.15, 0.2) is 6.29 Å². The first-order valence-corrected chi connectivity index (χ1v) is 18.3. The summed E-state index contributed by atoms with van der Waals surface area (Å²) in [6, 6.07) is -0.958. The van der Waals surface area contributed by atoms with Crippen molar-refractivity contribution in [3.8, 4) is 0 Å². The molecule has 0 unspecified atom stereocenters. The molecule has 1 aliphatic heterocycles. The molecule has 6 aliphatic rings. The number of carbonyl (C=O) groups is 2. The Hall–Kier alpha value is -1.52. The van der Waals surface area contributed by atoms with Crippen LogP contribution in [0.15, 0.2) is 11.6 Å². The van der Waals surface area contributed by atoms with Crippen molar-refractivity contribution in [3.63, 3.8) is 0 Å². The predicted molar refractivity (Wildman–Crippen MR) is 177 cm³/mol. The number of hydrogen-bond donors (Lipinski definition) is 5. The molecule has 1 heterocycles. The minimum Gasteiger partial charge on any atom is -0.481 e. The van der Waals surface area contributed by atoms with Crippen molar-refractivity contribution in [3.05, 3.63) is 11.6 Å². The minimum absolute atomic E-state index is 0.0440. The number of nitrogens with one attached hydrogen (secondary N) is 1. The Balaban J connectivity index is 1.29. The molecule has 0 aromatic carbocycles. The average Bonchev–Trinajstić information content (AvgIpc) is 2.97. The summed E-state index contributed by atoms with van der Waals surface area (Å²) in [5.74, 6) is -0.0617. The van der Waals surface area contributed by atoms with E-state index in [0.29, 0.717) is 11.8 Å². The first kappa shape index (κ1) is 35.3. The van der Waals surface area contributed by atoms with E-state index >= 15 is 0 Å². The molecule has 1 amide bonds. The van der Waals surface area contributed by atoms with Gasteiger partial charge in [0.1, 0.15) is 24.4 Å². The number of aliphatic carboxylic acids is 1. The highest BCUT2D eigenvalue weighted by Crippen LogP contribution is 2.76. The summed E-state index contributed by atoms with van der Waals surface area (Å²) in [7, 11) is 0. The largest absolute Gasteiger partial charge is 0.481 e. The summed E-state index contributed by atoms with van der Waals surface area (Å²) in [5, 5.41) is 44.7. The van der Waals surface area contributed by atoms with Crippen LogP contribution in [0.25, 0.3) is 0 Å². The van der Waals surface area contributed by atoms with Crippen LogP contribution in [0.4, 0.5) is 0 Å². The third kappa shape index (κ3) is 5.10. The highest BCUT2D eigenvalue weighted by molar-refractivity contribution is 5.76. The van der Waals surface area contributed by atoms with Crippen molar-refractivity contribution in [2.24, 2.45) is 50.2 Å². The molecule has 0 aromatic heterocycles. The first-order valence-electron chi connectivity index (χ1n) is 18.3. The van der Waals surface area contributed by atoms with Crippen LogP contribution in [0, 0.1) is 50.2 Å². The molecule has 6 rings (SSSR count). The second-order valence-corrected chi connectivity index (χ2v) is 18.6. The van der Waals surface area contributed by atoms with Crippen molar-refractivity contribution >= 4 is 11.9 Å². The highest BCUT2D eigenvalue weighted by atomic mass is 16.7. The van der Waals surface area contributed by atoms with Crippen LogP contribution in [-0.4, -0.2) is 75.7 Å². The topological polar surface area (TPSA) is 146 Å². The fourth-order valence-electron chi connectivity index (χ4n) is 12.6. The number of amides is 1. The van der Waals surface area contributed by atoms with E-state index in [1.54, 1.807) is 0 Å². The maximum atomic E-state index is 13.0. The standard InChI is InChI=1S/C38H61NO8/c1-21(41)39-28-30(43)29(42)24(20-40)46-31(28)47-27-12-13-35(6)25(34(27,4)5)11-14-37(8)26(35)10-9-22-23-19-33(2,3)15-17-38(23,32(44)45)18-16-36(22,37)7/h9,23-31,40,42-43H,10-20H2,1-8H3,(H,39,41)(H,44,45)/t23-,24+,25-,26+,27-,28+,29+,30+,31-,35-,36+,37+,38-/m0/s1. The summed E-state index contributed by atoms with van der Waals surface area (Å²) in [4.78, 5) is 25.0. The molecule has 0 aromatic rings. The van der Waals surface area contributed by atoms with E-state index < -0.39 is 48.6 Å². The molecule has 5 fully saturated rings. The van der Waals surface area contributed by atoms with Gasteiger partial charge in [-0.25, -0.2) is 0 Å². The van der Waals surface area contributed by atoms with Crippen LogP contribution >= 0.6 is 0 Å². The van der Waals surface area contributed by atoms with E-state index in [0.717, 1.165) is 64.2 Å². The monoisotopic (exact) mass is 659 g/mol. The summed E-state index contributed by atoms with van der Waals surface area (Å²) < 4.78 is 12.7. The van der Waals surface area contributed by atoms with Gasteiger partial charge in [0, 0.05) is 6.92 Å². The smallest absolute Gasteiger partial charge is 0.310 e. The second kappa shape index (κ2) is 11.5. The normalized spacial score (nSPS) is 50.1. The molecule has 13 atom stereocenters. The minimum atomic E-state index is -1.35. The number of carboxylic acids is 1. The van der Waals surface area contributed by atoms with Crippen molar-refractivity contribution < 1.29 is 39.5 Å². The lowest BCUT2D eigenvalue weighted by Crippen LogP contribution is -2.67. The molecule has 5 aliphatic carbocycles. The number of aliphatic hydroxyl groups excluding tert-OH is 3. The number of fused-ring (bicyclic) bond motifs is 7. The molecule has 47 heavy (non-hydrogen) atoms. The first-order chi connectivity index (χ1) is 21.8. The molecule has 266 valence electrons. The molecule has 0 bridgehead atoms.